The van der Waals surface area contributed by atoms with Crippen LogP contribution in [0.5, 0.6) is 0 Å². The van der Waals surface area contributed by atoms with E-state index in [-0.39, 0.29) is 0 Å². The van der Waals surface area contributed by atoms with Crippen molar-refractivity contribution in [2.45, 2.75) is 23.3 Å². The predicted molar refractivity (Wildman–Crippen MR) is 85.7 cm³/mol. The van der Waals surface area contributed by atoms with E-state index in [1.807, 2.05) is 32.3 Å². The first-order valence-electron chi connectivity index (χ1n) is 6.79. The van der Waals surface area contributed by atoms with E-state index in [1.54, 1.807) is 11.8 Å². The van der Waals surface area contributed by atoms with Crippen molar-refractivity contribution in [2.24, 2.45) is 0 Å². The number of nitrogens with one attached hydrogen (secondary N) is 1. The molecule has 4 nitrogen and oxygen atoms in total. The van der Waals surface area contributed by atoms with Gasteiger partial charge in [-0.15, -0.1) is 0 Å². The lowest BCUT2D eigenvalue weighted by atomic mass is 10.0. The van der Waals surface area contributed by atoms with Crippen molar-refractivity contribution in [1.29, 1.82) is 0 Å². The molecule has 102 valence electrons. The van der Waals surface area contributed by atoms with Gasteiger partial charge in [0.15, 0.2) is 0 Å². The van der Waals surface area contributed by atoms with Gasteiger partial charge in [-0.2, -0.15) is 5.10 Å². The van der Waals surface area contributed by atoms with E-state index in [4.69, 9.17) is 7.98 Å². The van der Waals surface area contributed by atoms with E-state index in [0.717, 1.165) is 34.4 Å². The summed E-state index contributed by atoms with van der Waals surface area (Å²) in [6.45, 7) is 2.84. The molecule has 2 aromatic heterocycles. The lowest BCUT2D eigenvalue weighted by molar-refractivity contribution is 0.806. The van der Waals surface area contributed by atoms with Gasteiger partial charge in [-0.3, -0.25) is 4.98 Å². The summed E-state index contributed by atoms with van der Waals surface area (Å²) in [4.78, 5) is 6.84. The average Bonchev–Trinajstić information content (AvgIpc) is 2.80. The number of rotatable bonds is 2. The highest BCUT2D eigenvalue weighted by Crippen LogP contribution is 2.49. The van der Waals surface area contributed by atoms with Crippen LogP contribution in [0.25, 0.3) is 22.2 Å². The lowest BCUT2D eigenvalue weighted by Gasteiger charge is -2.19. The Morgan fingerprint density at radius 3 is 3.00 bits per heavy atom. The fourth-order valence-corrected chi connectivity index (χ4v) is 4.16. The number of nitrogens with zero attached hydrogens (tertiary/aromatic N) is 3. The van der Waals surface area contributed by atoms with Crippen LogP contribution in [0.1, 0.15) is 11.3 Å². The van der Waals surface area contributed by atoms with Gasteiger partial charge in [-0.05, 0) is 31.7 Å². The van der Waals surface area contributed by atoms with Gasteiger partial charge in [-0.1, -0.05) is 17.8 Å². The summed E-state index contributed by atoms with van der Waals surface area (Å²) in [7, 11) is 8.00. The smallest absolute Gasteiger partial charge is 0.265 e. The Bertz CT molecular complexity index is 872. The fraction of sp³-hybridized carbons (Fsp3) is 0.200. The fourth-order valence-electron chi connectivity index (χ4n) is 2.89. The highest BCUT2D eigenvalue weighted by Gasteiger charge is 2.26. The Balaban J connectivity index is 2.12. The zero-order chi connectivity index (χ0) is 14.6. The number of hydrogen-bond acceptors (Lipinski definition) is 4. The Kier molecular flexibility index (Phi) is 2.84. The number of pyridine rings is 1. The molecule has 1 aliphatic rings. The summed E-state index contributed by atoms with van der Waals surface area (Å²) in [5.74, 6) is 0. The second-order valence-electron chi connectivity index (χ2n) is 5.14. The van der Waals surface area contributed by atoms with Gasteiger partial charge < -0.3 is 9.91 Å². The molecular weight excluding hydrogens is 279 g/mol. The number of hydrogen-bond donors (Lipinski definition) is 1. The van der Waals surface area contributed by atoms with E-state index in [2.05, 4.69) is 21.5 Å². The molecule has 6 heteroatoms. The van der Waals surface area contributed by atoms with E-state index >= 15 is 0 Å². The number of fused-ring (bicyclic) bond motifs is 2. The summed E-state index contributed by atoms with van der Waals surface area (Å²) in [5, 5.41) is 8.91. The molecular formula is C15H13BN4S. The Labute approximate surface area is 128 Å². The summed E-state index contributed by atoms with van der Waals surface area (Å²) in [6, 6.07) is 6.21. The molecule has 0 saturated carbocycles. The van der Waals surface area contributed by atoms with E-state index in [9.17, 15) is 0 Å². The van der Waals surface area contributed by atoms with Crippen LogP contribution in [0.2, 0.25) is 0 Å². The molecule has 3 aromatic rings. The molecule has 21 heavy (non-hydrogen) atoms. The quantitative estimate of drug-likeness (QED) is 0.577. The molecule has 0 unspecified atom stereocenters. The van der Waals surface area contributed by atoms with Gasteiger partial charge in [0.05, 0.1) is 5.52 Å². The molecule has 4 rings (SSSR count). The van der Waals surface area contributed by atoms with E-state index < -0.39 is 0 Å². The number of benzene rings is 1. The zero-order valence-corrected chi connectivity index (χ0v) is 12.7. The van der Waals surface area contributed by atoms with Crippen molar-refractivity contribution >= 4 is 30.6 Å². The lowest BCUT2D eigenvalue weighted by Crippen LogP contribution is -2.07. The van der Waals surface area contributed by atoms with Crippen LogP contribution in [-0.2, 0) is 6.54 Å². The highest BCUT2D eigenvalue weighted by molar-refractivity contribution is 7.99. The highest BCUT2D eigenvalue weighted by atomic mass is 32.2. The third-order valence-electron chi connectivity index (χ3n) is 3.83. The molecule has 2 radical (unpaired) electrons. The van der Waals surface area contributed by atoms with Crippen molar-refractivity contribution in [3.8, 4) is 11.3 Å². The van der Waals surface area contributed by atoms with Crippen molar-refractivity contribution in [3.05, 3.63) is 35.7 Å². The van der Waals surface area contributed by atoms with Crippen LogP contribution in [0.15, 0.2) is 34.2 Å². The SMILES string of the molecule is [B]n1nc2c3c(c(CNC)ccc31)Sc1ccnc(C)c1-2. The van der Waals surface area contributed by atoms with Gasteiger partial charge >= 0.3 is 0 Å². The normalized spacial score (nSPS) is 12.7. The van der Waals surface area contributed by atoms with Crippen LogP contribution in [0, 0.1) is 6.92 Å². The van der Waals surface area contributed by atoms with Crippen molar-refractivity contribution in [1.82, 2.24) is 20.0 Å². The van der Waals surface area contributed by atoms with Gasteiger partial charge in [-0.25, -0.2) is 0 Å². The van der Waals surface area contributed by atoms with Gasteiger partial charge in [0.1, 0.15) is 5.69 Å². The molecule has 0 saturated heterocycles. The van der Waals surface area contributed by atoms with E-state index in [1.165, 1.54) is 19.9 Å². The van der Waals surface area contributed by atoms with Crippen LogP contribution < -0.4 is 5.32 Å². The topological polar surface area (TPSA) is 42.7 Å². The van der Waals surface area contributed by atoms with Gasteiger partial charge in [0.2, 0.25) is 0 Å². The first-order valence-corrected chi connectivity index (χ1v) is 7.60. The van der Waals surface area contributed by atoms with Crippen LogP contribution >= 0.6 is 11.8 Å². The molecule has 0 spiro atoms. The van der Waals surface area contributed by atoms with E-state index in [0.29, 0.717) is 0 Å². The Hall–Kier alpha value is -1.79. The third-order valence-corrected chi connectivity index (χ3v) is 5.06. The monoisotopic (exact) mass is 292 g/mol. The van der Waals surface area contributed by atoms with Crippen LogP contribution in [0.3, 0.4) is 0 Å². The summed E-state index contributed by atoms with van der Waals surface area (Å²) in [5.41, 5.74) is 5.26. The minimum atomic E-state index is 0.826. The van der Waals surface area contributed by atoms with Gasteiger partial charge in [0.25, 0.3) is 7.98 Å². The summed E-state index contributed by atoms with van der Waals surface area (Å²) < 4.78 is 1.47. The summed E-state index contributed by atoms with van der Waals surface area (Å²) >= 11 is 1.78. The molecule has 1 N–H and O–H groups in total. The molecule has 0 aliphatic carbocycles. The largest absolute Gasteiger partial charge is 0.323 e. The Morgan fingerprint density at radius 2 is 2.19 bits per heavy atom. The first kappa shape index (κ1) is 12.9. The second-order valence-corrected chi connectivity index (χ2v) is 6.20. The first-order chi connectivity index (χ1) is 10.2. The zero-order valence-electron chi connectivity index (χ0n) is 11.8. The second kappa shape index (κ2) is 4.61. The molecule has 1 aromatic carbocycles. The maximum Gasteiger partial charge on any atom is 0.265 e. The standard InChI is InChI=1S/C15H13BN4S/c1-8-12-11(5-6-18-8)21-15-9(7-17-2)3-4-10-13(15)14(12)19-20(10)16/h3-6,17H,7H2,1-2H3. The molecule has 0 atom stereocenters. The molecule has 0 bridgehead atoms. The Morgan fingerprint density at radius 1 is 1.33 bits per heavy atom. The summed E-state index contributed by atoms with van der Waals surface area (Å²) in [6.07, 6.45) is 1.85. The van der Waals surface area contributed by atoms with Crippen molar-refractivity contribution < 1.29 is 0 Å². The molecule has 3 heterocycles. The predicted octanol–water partition coefficient (Wildman–Crippen LogP) is 2.52. The number of aromatic nitrogens is 3. The van der Waals surface area contributed by atoms with Gasteiger partial charge in [0, 0.05) is 39.2 Å². The van der Waals surface area contributed by atoms with Crippen molar-refractivity contribution in [3.63, 3.8) is 0 Å². The maximum absolute atomic E-state index is 6.04. The minimum absolute atomic E-state index is 0.826. The number of aryl methyl sites for hydroxylation is 1. The third kappa shape index (κ3) is 1.76. The molecule has 1 aliphatic heterocycles. The van der Waals surface area contributed by atoms with Crippen molar-refractivity contribution in [2.75, 3.05) is 7.05 Å². The maximum atomic E-state index is 6.04. The average molecular weight is 292 g/mol. The van der Waals surface area contributed by atoms with Crippen LogP contribution in [0.4, 0.5) is 0 Å². The molecule has 0 fully saturated rings. The van der Waals surface area contributed by atoms with Crippen LogP contribution in [-0.4, -0.2) is 29.7 Å². The molecule has 0 amide bonds. The minimum Gasteiger partial charge on any atom is -0.323 e.